The predicted octanol–water partition coefficient (Wildman–Crippen LogP) is 3.03. The van der Waals surface area contributed by atoms with Gasteiger partial charge in [0.25, 0.3) is 0 Å². The molecule has 0 spiro atoms. The fourth-order valence-corrected chi connectivity index (χ4v) is 3.31. The van der Waals surface area contributed by atoms with Crippen molar-refractivity contribution in [3.8, 4) is 0 Å². The van der Waals surface area contributed by atoms with Gasteiger partial charge in [-0.3, -0.25) is 9.88 Å². The van der Waals surface area contributed by atoms with E-state index in [2.05, 4.69) is 47.1 Å². The summed E-state index contributed by atoms with van der Waals surface area (Å²) < 4.78 is 0. The molecular weight excluding hydrogens is 246 g/mol. The first-order chi connectivity index (χ1) is 9.69. The lowest BCUT2D eigenvalue weighted by Crippen LogP contribution is -2.32. The molecule has 3 heteroatoms. The molecule has 0 radical (unpaired) electrons. The Labute approximate surface area is 120 Å². The number of aromatic nitrogens is 1. The van der Waals surface area contributed by atoms with Gasteiger partial charge in [0, 0.05) is 29.7 Å². The maximum atomic E-state index is 6.34. The quantitative estimate of drug-likeness (QED) is 0.931. The molecule has 0 saturated carbocycles. The number of hydrogen-bond acceptors (Lipinski definition) is 3. The molecule has 2 atom stereocenters. The van der Waals surface area contributed by atoms with Crippen LogP contribution in [0.4, 0.5) is 0 Å². The van der Waals surface area contributed by atoms with Crippen LogP contribution in [0.3, 0.4) is 0 Å². The van der Waals surface area contributed by atoms with Gasteiger partial charge < -0.3 is 5.73 Å². The maximum absolute atomic E-state index is 6.34. The summed E-state index contributed by atoms with van der Waals surface area (Å²) in [6.07, 6.45) is 2.27. The van der Waals surface area contributed by atoms with E-state index in [1.165, 1.54) is 17.4 Å². The second kappa shape index (κ2) is 5.51. The van der Waals surface area contributed by atoms with Crippen molar-refractivity contribution in [1.82, 2.24) is 9.88 Å². The summed E-state index contributed by atoms with van der Waals surface area (Å²) in [4.78, 5) is 7.09. The van der Waals surface area contributed by atoms with E-state index in [1.54, 1.807) is 0 Å². The topological polar surface area (TPSA) is 42.1 Å². The van der Waals surface area contributed by atoms with Crippen molar-refractivity contribution >= 4 is 10.9 Å². The number of nitrogens with zero attached hydrogens (tertiary/aromatic N) is 2. The van der Waals surface area contributed by atoms with Gasteiger partial charge in [-0.1, -0.05) is 19.1 Å². The smallest absolute Gasteiger partial charge is 0.0705 e. The van der Waals surface area contributed by atoms with Gasteiger partial charge in [-0.15, -0.1) is 0 Å². The van der Waals surface area contributed by atoms with Crippen molar-refractivity contribution in [2.75, 3.05) is 13.1 Å². The summed E-state index contributed by atoms with van der Waals surface area (Å²) in [6.45, 7) is 6.50. The van der Waals surface area contributed by atoms with E-state index in [4.69, 9.17) is 5.73 Å². The maximum Gasteiger partial charge on any atom is 0.0705 e. The van der Waals surface area contributed by atoms with Crippen molar-refractivity contribution in [1.29, 1.82) is 0 Å². The zero-order valence-electron chi connectivity index (χ0n) is 12.3. The number of pyridine rings is 1. The molecule has 1 aromatic carbocycles. The van der Waals surface area contributed by atoms with Crippen molar-refractivity contribution in [2.24, 2.45) is 5.73 Å². The van der Waals surface area contributed by atoms with Gasteiger partial charge in [-0.25, -0.2) is 0 Å². The van der Waals surface area contributed by atoms with Crippen LogP contribution in [-0.4, -0.2) is 29.0 Å². The highest BCUT2D eigenvalue weighted by Crippen LogP contribution is 2.32. The van der Waals surface area contributed by atoms with Crippen LogP contribution in [0.25, 0.3) is 10.9 Å². The Morgan fingerprint density at radius 3 is 2.95 bits per heavy atom. The van der Waals surface area contributed by atoms with Gasteiger partial charge >= 0.3 is 0 Å². The summed E-state index contributed by atoms with van der Waals surface area (Å²) in [7, 11) is 0. The van der Waals surface area contributed by atoms with Gasteiger partial charge in [0.1, 0.15) is 0 Å². The number of benzene rings is 1. The van der Waals surface area contributed by atoms with Gasteiger partial charge in [-0.05, 0) is 50.1 Å². The molecule has 1 fully saturated rings. The SMILES string of the molecule is CCCN1CCC(N)C1c1ccc2nc(C)ccc2c1. The molecule has 1 saturated heterocycles. The highest BCUT2D eigenvalue weighted by Gasteiger charge is 2.32. The van der Waals surface area contributed by atoms with Crippen molar-refractivity contribution in [3.05, 3.63) is 41.6 Å². The summed E-state index contributed by atoms with van der Waals surface area (Å²) in [5.41, 5.74) is 9.81. The lowest BCUT2D eigenvalue weighted by atomic mass is 9.98. The van der Waals surface area contributed by atoms with Crippen LogP contribution in [0.15, 0.2) is 30.3 Å². The summed E-state index contributed by atoms with van der Waals surface area (Å²) in [5.74, 6) is 0. The second-order valence-corrected chi connectivity index (χ2v) is 5.84. The Morgan fingerprint density at radius 2 is 2.15 bits per heavy atom. The zero-order chi connectivity index (χ0) is 14.1. The van der Waals surface area contributed by atoms with E-state index in [9.17, 15) is 0 Å². The first-order valence-electron chi connectivity index (χ1n) is 7.56. The monoisotopic (exact) mass is 269 g/mol. The molecule has 1 aromatic heterocycles. The minimum absolute atomic E-state index is 0.248. The fourth-order valence-electron chi connectivity index (χ4n) is 3.31. The first kappa shape index (κ1) is 13.5. The molecular formula is C17H23N3. The number of rotatable bonds is 3. The highest BCUT2D eigenvalue weighted by molar-refractivity contribution is 5.79. The number of hydrogen-bond donors (Lipinski definition) is 1. The van der Waals surface area contributed by atoms with E-state index in [0.29, 0.717) is 6.04 Å². The Hall–Kier alpha value is -1.45. The van der Waals surface area contributed by atoms with E-state index >= 15 is 0 Å². The van der Waals surface area contributed by atoms with Crippen LogP contribution in [0, 0.1) is 6.92 Å². The first-order valence-corrected chi connectivity index (χ1v) is 7.56. The molecule has 2 N–H and O–H groups in total. The Kier molecular flexibility index (Phi) is 3.72. The number of nitrogens with two attached hydrogens (primary N) is 1. The molecule has 1 aliphatic rings. The molecule has 0 bridgehead atoms. The summed E-state index contributed by atoms with van der Waals surface area (Å²) in [6, 6.07) is 11.4. The third kappa shape index (κ3) is 2.43. The molecule has 20 heavy (non-hydrogen) atoms. The lowest BCUT2D eigenvalue weighted by molar-refractivity contribution is 0.248. The largest absolute Gasteiger partial charge is 0.326 e. The van der Waals surface area contributed by atoms with Crippen LogP contribution >= 0.6 is 0 Å². The third-order valence-corrected chi connectivity index (χ3v) is 4.25. The number of aryl methyl sites for hydroxylation is 1. The minimum Gasteiger partial charge on any atom is -0.326 e. The van der Waals surface area contributed by atoms with Crippen molar-refractivity contribution < 1.29 is 0 Å². The van der Waals surface area contributed by atoms with E-state index in [0.717, 1.165) is 30.7 Å². The Morgan fingerprint density at radius 1 is 1.30 bits per heavy atom. The lowest BCUT2D eigenvalue weighted by Gasteiger charge is -2.27. The van der Waals surface area contributed by atoms with E-state index < -0.39 is 0 Å². The Balaban J connectivity index is 1.98. The molecule has 2 aromatic rings. The van der Waals surface area contributed by atoms with E-state index in [1.807, 2.05) is 6.92 Å². The minimum atomic E-state index is 0.248. The van der Waals surface area contributed by atoms with Crippen LogP contribution < -0.4 is 5.73 Å². The molecule has 3 nitrogen and oxygen atoms in total. The third-order valence-electron chi connectivity index (χ3n) is 4.25. The average Bonchev–Trinajstić information content (AvgIpc) is 2.80. The van der Waals surface area contributed by atoms with Gasteiger partial charge in [-0.2, -0.15) is 0 Å². The fraction of sp³-hybridized carbons (Fsp3) is 0.471. The molecule has 0 aliphatic carbocycles. The Bertz CT molecular complexity index is 606. The highest BCUT2D eigenvalue weighted by atomic mass is 15.2. The molecule has 106 valence electrons. The summed E-state index contributed by atoms with van der Waals surface area (Å²) in [5, 5.41) is 1.21. The molecule has 2 unspecified atom stereocenters. The van der Waals surface area contributed by atoms with Crippen LogP contribution in [0.1, 0.15) is 37.1 Å². The number of likely N-dealkylation sites (tertiary alicyclic amines) is 1. The number of fused-ring (bicyclic) bond motifs is 1. The molecule has 0 amide bonds. The second-order valence-electron chi connectivity index (χ2n) is 5.84. The predicted molar refractivity (Wildman–Crippen MR) is 83.7 cm³/mol. The normalized spacial score (nSPS) is 23.6. The standard InChI is InChI=1S/C17H23N3/c1-3-9-20-10-8-15(18)17(20)14-6-7-16-13(11-14)5-4-12(2)19-16/h4-7,11,15,17H,3,8-10,18H2,1-2H3. The van der Waals surface area contributed by atoms with Crippen LogP contribution in [-0.2, 0) is 0 Å². The van der Waals surface area contributed by atoms with Crippen LogP contribution in [0.2, 0.25) is 0 Å². The average molecular weight is 269 g/mol. The van der Waals surface area contributed by atoms with Crippen molar-refractivity contribution in [3.63, 3.8) is 0 Å². The van der Waals surface area contributed by atoms with Gasteiger partial charge in [0.2, 0.25) is 0 Å². The molecule has 3 rings (SSSR count). The zero-order valence-corrected chi connectivity index (χ0v) is 12.3. The van der Waals surface area contributed by atoms with Crippen LogP contribution in [0.5, 0.6) is 0 Å². The molecule has 1 aliphatic heterocycles. The van der Waals surface area contributed by atoms with E-state index in [-0.39, 0.29) is 6.04 Å². The van der Waals surface area contributed by atoms with Gasteiger partial charge in [0.05, 0.1) is 5.52 Å². The molecule has 2 heterocycles. The summed E-state index contributed by atoms with van der Waals surface area (Å²) >= 11 is 0. The van der Waals surface area contributed by atoms with Gasteiger partial charge in [0.15, 0.2) is 0 Å². The van der Waals surface area contributed by atoms with Crippen molar-refractivity contribution in [2.45, 2.75) is 38.8 Å².